The molecule has 0 aromatic heterocycles. The monoisotopic (exact) mass is 245 g/mol. The van der Waals surface area contributed by atoms with Crippen molar-refractivity contribution in [1.29, 1.82) is 0 Å². The number of hydrogen-bond acceptors (Lipinski definition) is 2. The smallest absolute Gasteiger partial charge is 0.0158 e. The van der Waals surface area contributed by atoms with E-state index < -0.39 is 0 Å². The first-order valence-corrected chi connectivity index (χ1v) is 8.02. The van der Waals surface area contributed by atoms with Gasteiger partial charge in [0.25, 0.3) is 0 Å². The molecule has 0 rings (SSSR count). The second-order valence-corrected chi connectivity index (χ2v) is 6.63. The van der Waals surface area contributed by atoms with Crippen LogP contribution in [0.15, 0.2) is 0 Å². The quantitative estimate of drug-likeness (QED) is 0.619. The highest BCUT2D eigenvalue weighted by Gasteiger charge is 2.09. The minimum Gasteiger partial charge on any atom is -0.313 e. The van der Waals surface area contributed by atoms with Gasteiger partial charge in [0.2, 0.25) is 0 Å². The van der Waals surface area contributed by atoms with Crippen molar-refractivity contribution >= 4 is 11.8 Å². The largest absolute Gasteiger partial charge is 0.313 e. The number of nitrogens with one attached hydrogen (secondary N) is 1. The molecule has 0 aliphatic carbocycles. The van der Waals surface area contributed by atoms with Gasteiger partial charge >= 0.3 is 0 Å². The third-order valence-corrected chi connectivity index (χ3v) is 4.09. The maximum atomic E-state index is 3.68. The topological polar surface area (TPSA) is 12.0 Å². The Morgan fingerprint density at radius 1 is 0.938 bits per heavy atom. The molecule has 0 spiro atoms. The van der Waals surface area contributed by atoms with Crippen LogP contribution in [0.4, 0.5) is 0 Å². The van der Waals surface area contributed by atoms with Crippen LogP contribution < -0.4 is 5.32 Å². The molecule has 0 aliphatic heterocycles. The molecule has 0 bridgehead atoms. The van der Waals surface area contributed by atoms with Crippen LogP contribution in [0.25, 0.3) is 0 Å². The molecule has 0 heterocycles. The van der Waals surface area contributed by atoms with Gasteiger partial charge in [-0.3, -0.25) is 0 Å². The molecule has 1 nitrogen and oxygen atoms in total. The molecule has 98 valence electrons. The summed E-state index contributed by atoms with van der Waals surface area (Å²) in [6.45, 7) is 12.7. The molecule has 0 aliphatic rings. The second kappa shape index (κ2) is 10.5. The van der Waals surface area contributed by atoms with Gasteiger partial charge in [0.15, 0.2) is 0 Å². The lowest BCUT2D eigenvalue weighted by molar-refractivity contribution is 0.456. The van der Waals surface area contributed by atoms with E-state index in [0.29, 0.717) is 0 Å². The highest BCUT2D eigenvalue weighted by molar-refractivity contribution is 7.99. The van der Waals surface area contributed by atoms with Gasteiger partial charge in [0.05, 0.1) is 0 Å². The van der Waals surface area contributed by atoms with Gasteiger partial charge < -0.3 is 5.32 Å². The zero-order valence-corrected chi connectivity index (χ0v) is 12.7. The standard InChI is InChI=1S/C14H31NS/c1-6-9-15-14(8-7-12(2)3)11-16-10-13(4)5/h12-15H,6-11H2,1-5H3. The van der Waals surface area contributed by atoms with Gasteiger partial charge in [-0.25, -0.2) is 0 Å². The van der Waals surface area contributed by atoms with E-state index in [0.717, 1.165) is 17.9 Å². The minimum absolute atomic E-state index is 0.728. The Balaban J connectivity index is 3.71. The Morgan fingerprint density at radius 3 is 2.12 bits per heavy atom. The molecule has 0 aromatic rings. The van der Waals surface area contributed by atoms with E-state index in [1.54, 1.807) is 0 Å². The van der Waals surface area contributed by atoms with Crippen molar-refractivity contribution in [1.82, 2.24) is 5.32 Å². The van der Waals surface area contributed by atoms with Crippen molar-refractivity contribution in [2.75, 3.05) is 18.1 Å². The van der Waals surface area contributed by atoms with Crippen molar-refractivity contribution in [3.8, 4) is 0 Å². The molecule has 1 atom stereocenters. The van der Waals surface area contributed by atoms with Crippen molar-refractivity contribution in [3.05, 3.63) is 0 Å². The molecule has 1 unspecified atom stereocenters. The van der Waals surface area contributed by atoms with Gasteiger partial charge in [0, 0.05) is 11.8 Å². The Hall–Kier alpha value is 0.310. The van der Waals surface area contributed by atoms with E-state index in [9.17, 15) is 0 Å². The molecule has 0 aromatic carbocycles. The van der Waals surface area contributed by atoms with Crippen LogP contribution in [0.1, 0.15) is 53.9 Å². The first kappa shape index (κ1) is 16.3. The van der Waals surface area contributed by atoms with Crippen molar-refractivity contribution < 1.29 is 0 Å². The molecular weight excluding hydrogens is 214 g/mol. The summed E-state index contributed by atoms with van der Waals surface area (Å²) in [6.07, 6.45) is 3.93. The first-order valence-electron chi connectivity index (χ1n) is 6.87. The molecule has 0 amide bonds. The summed E-state index contributed by atoms with van der Waals surface area (Å²) < 4.78 is 0. The fourth-order valence-corrected chi connectivity index (χ4v) is 2.75. The predicted molar refractivity (Wildman–Crippen MR) is 78.3 cm³/mol. The van der Waals surface area contributed by atoms with Gasteiger partial charge in [-0.15, -0.1) is 0 Å². The van der Waals surface area contributed by atoms with Gasteiger partial charge in [-0.05, 0) is 43.4 Å². The third-order valence-electron chi connectivity index (χ3n) is 2.55. The highest BCUT2D eigenvalue weighted by atomic mass is 32.2. The summed E-state index contributed by atoms with van der Waals surface area (Å²) >= 11 is 2.11. The third kappa shape index (κ3) is 10.8. The Kier molecular flexibility index (Phi) is 10.7. The summed E-state index contributed by atoms with van der Waals surface area (Å²) in [7, 11) is 0. The first-order chi connectivity index (χ1) is 7.56. The highest BCUT2D eigenvalue weighted by Crippen LogP contribution is 2.14. The van der Waals surface area contributed by atoms with Crippen LogP contribution >= 0.6 is 11.8 Å². The van der Waals surface area contributed by atoms with Crippen LogP contribution in [0, 0.1) is 11.8 Å². The van der Waals surface area contributed by atoms with Crippen molar-refractivity contribution in [3.63, 3.8) is 0 Å². The van der Waals surface area contributed by atoms with Gasteiger partial charge in [-0.2, -0.15) is 11.8 Å². The number of rotatable bonds is 10. The lowest BCUT2D eigenvalue weighted by atomic mass is 10.0. The SMILES string of the molecule is CCCNC(CCC(C)C)CSCC(C)C. The van der Waals surface area contributed by atoms with Gasteiger partial charge in [0.1, 0.15) is 0 Å². The van der Waals surface area contributed by atoms with Crippen molar-refractivity contribution in [2.24, 2.45) is 11.8 Å². The van der Waals surface area contributed by atoms with Crippen molar-refractivity contribution in [2.45, 2.75) is 59.9 Å². The average Bonchev–Trinajstić information content (AvgIpc) is 2.20. The maximum Gasteiger partial charge on any atom is 0.0158 e. The van der Waals surface area contributed by atoms with E-state index in [1.165, 1.54) is 37.3 Å². The van der Waals surface area contributed by atoms with Crippen LogP contribution in [-0.2, 0) is 0 Å². The fraction of sp³-hybridized carbons (Fsp3) is 1.00. The van der Waals surface area contributed by atoms with E-state index in [-0.39, 0.29) is 0 Å². The molecule has 0 saturated heterocycles. The Labute approximate surface area is 107 Å². The number of thioether (sulfide) groups is 1. The van der Waals surface area contributed by atoms with Crippen LogP contribution in [-0.4, -0.2) is 24.1 Å². The fourth-order valence-electron chi connectivity index (χ4n) is 1.57. The zero-order valence-electron chi connectivity index (χ0n) is 11.9. The van der Waals surface area contributed by atoms with Crippen LogP contribution in [0.3, 0.4) is 0 Å². The minimum atomic E-state index is 0.728. The zero-order chi connectivity index (χ0) is 12.4. The molecule has 2 heteroatoms. The van der Waals surface area contributed by atoms with E-state index in [1.807, 2.05) is 0 Å². The van der Waals surface area contributed by atoms with E-state index in [2.05, 4.69) is 51.7 Å². The normalized spacial score (nSPS) is 13.7. The lowest BCUT2D eigenvalue weighted by Gasteiger charge is -2.19. The molecule has 0 radical (unpaired) electrons. The molecule has 0 fully saturated rings. The van der Waals surface area contributed by atoms with E-state index in [4.69, 9.17) is 0 Å². The Bertz CT molecular complexity index is 146. The molecule has 0 saturated carbocycles. The summed E-state index contributed by atoms with van der Waals surface area (Å²) in [5, 5.41) is 3.68. The molecular formula is C14H31NS. The molecule has 16 heavy (non-hydrogen) atoms. The van der Waals surface area contributed by atoms with Crippen LogP contribution in [0.5, 0.6) is 0 Å². The predicted octanol–water partition coefficient (Wildman–Crippen LogP) is 4.18. The van der Waals surface area contributed by atoms with E-state index >= 15 is 0 Å². The molecule has 1 N–H and O–H groups in total. The average molecular weight is 245 g/mol. The van der Waals surface area contributed by atoms with Crippen LogP contribution in [0.2, 0.25) is 0 Å². The summed E-state index contributed by atoms with van der Waals surface area (Å²) in [4.78, 5) is 0. The Morgan fingerprint density at radius 2 is 1.62 bits per heavy atom. The summed E-state index contributed by atoms with van der Waals surface area (Å²) in [5.41, 5.74) is 0. The second-order valence-electron chi connectivity index (χ2n) is 5.55. The summed E-state index contributed by atoms with van der Waals surface area (Å²) in [6, 6.07) is 0.728. The number of hydrogen-bond donors (Lipinski definition) is 1. The lowest BCUT2D eigenvalue weighted by Crippen LogP contribution is -2.32. The summed E-state index contributed by atoms with van der Waals surface area (Å²) in [5.74, 6) is 4.24. The maximum absolute atomic E-state index is 3.68. The van der Waals surface area contributed by atoms with Gasteiger partial charge in [-0.1, -0.05) is 34.6 Å².